The van der Waals surface area contributed by atoms with Gasteiger partial charge in [-0.1, -0.05) is 18.2 Å². The molecule has 0 unspecified atom stereocenters. The molecular formula is C20H21F3N4O2. The Hall–Kier alpha value is -3.36. The second-order valence-electron chi connectivity index (χ2n) is 6.27. The molecule has 0 aliphatic rings. The van der Waals surface area contributed by atoms with Crippen molar-refractivity contribution < 1.29 is 22.6 Å². The van der Waals surface area contributed by atoms with Crippen molar-refractivity contribution in [3.05, 3.63) is 59.8 Å². The van der Waals surface area contributed by atoms with E-state index in [1.807, 2.05) is 24.4 Å². The first-order valence-electron chi connectivity index (χ1n) is 8.87. The number of nitrogens with one attached hydrogen (secondary N) is 2. The van der Waals surface area contributed by atoms with Gasteiger partial charge in [-0.3, -0.25) is 0 Å². The van der Waals surface area contributed by atoms with E-state index < -0.39 is 6.36 Å². The maximum Gasteiger partial charge on any atom is 0.573 e. The standard InChI is InChI=1S/C20H21F3N4O2/c1-28-17-4-2-3-16-18(17)14(12-26-16)9-10-25-19(24)27-11-13-5-7-15(8-6-13)29-20(21,22)23/h2-8,12,26H,9-11H2,1H3,(H3,24,25,27). The second kappa shape index (κ2) is 8.76. The van der Waals surface area contributed by atoms with E-state index in [0.29, 0.717) is 18.5 Å². The summed E-state index contributed by atoms with van der Waals surface area (Å²) in [6, 6.07) is 11.3. The molecule has 9 heteroatoms. The zero-order valence-corrected chi connectivity index (χ0v) is 15.7. The van der Waals surface area contributed by atoms with E-state index in [-0.39, 0.29) is 18.3 Å². The first-order chi connectivity index (χ1) is 13.9. The van der Waals surface area contributed by atoms with Crippen LogP contribution in [0.2, 0.25) is 0 Å². The fourth-order valence-corrected chi connectivity index (χ4v) is 2.94. The molecule has 0 amide bonds. The maximum absolute atomic E-state index is 12.2. The predicted molar refractivity (Wildman–Crippen MR) is 105 cm³/mol. The number of halogens is 3. The maximum atomic E-state index is 12.2. The number of hydrogen-bond donors (Lipinski definition) is 3. The van der Waals surface area contributed by atoms with E-state index in [9.17, 15) is 13.2 Å². The minimum atomic E-state index is -4.71. The number of H-pyrrole nitrogens is 1. The fourth-order valence-electron chi connectivity index (χ4n) is 2.94. The Kier molecular flexibility index (Phi) is 6.16. The smallest absolute Gasteiger partial charge is 0.496 e. The second-order valence-corrected chi connectivity index (χ2v) is 6.27. The number of alkyl halides is 3. The number of hydrogen-bond acceptors (Lipinski definition) is 3. The highest BCUT2D eigenvalue weighted by atomic mass is 19.4. The SMILES string of the molecule is COc1cccc2[nH]cc(CCNC(N)=NCc3ccc(OC(F)(F)F)cc3)c12. The summed E-state index contributed by atoms with van der Waals surface area (Å²) < 4.78 is 45.8. The number of aromatic amines is 1. The molecule has 0 saturated carbocycles. The van der Waals surface area contributed by atoms with E-state index in [1.165, 1.54) is 24.3 Å². The normalized spacial score (nSPS) is 12.2. The Labute approximate surface area is 165 Å². The first-order valence-corrected chi connectivity index (χ1v) is 8.87. The predicted octanol–water partition coefficient (Wildman–Crippen LogP) is 3.72. The molecule has 0 atom stereocenters. The van der Waals surface area contributed by atoms with Crippen molar-refractivity contribution in [2.75, 3.05) is 13.7 Å². The monoisotopic (exact) mass is 406 g/mol. The largest absolute Gasteiger partial charge is 0.573 e. The highest BCUT2D eigenvalue weighted by molar-refractivity contribution is 5.89. The van der Waals surface area contributed by atoms with Gasteiger partial charge in [0.05, 0.1) is 13.7 Å². The third-order valence-electron chi connectivity index (χ3n) is 4.26. The average molecular weight is 406 g/mol. The number of aliphatic imine (C=N–C) groups is 1. The summed E-state index contributed by atoms with van der Waals surface area (Å²) in [5.41, 5.74) is 8.68. The van der Waals surface area contributed by atoms with Gasteiger partial charge in [0.1, 0.15) is 11.5 Å². The molecule has 3 rings (SSSR count). The molecule has 2 aromatic carbocycles. The van der Waals surface area contributed by atoms with Crippen LogP contribution in [0.3, 0.4) is 0 Å². The third kappa shape index (κ3) is 5.56. The van der Waals surface area contributed by atoms with Crippen molar-refractivity contribution in [1.29, 1.82) is 0 Å². The number of benzene rings is 2. The zero-order chi connectivity index (χ0) is 20.9. The number of rotatable bonds is 7. The molecule has 0 saturated heterocycles. The minimum Gasteiger partial charge on any atom is -0.496 e. The van der Waals surface area contributed by atoms with Crippen LogP contribution in [0.5, 0.6) is 11.5 Å². The molecule has 154 valence electrons. The summed E-state index contributed by atoms with van der Waals surface area (Å²) in [5.74, 6) is 0.788. The van der Waals surface area contributed by atoms with Crippen molar-refractivity contribution in [2.45, 2.75) is 19.3 Å². The van der Waals surface area contributed by atoms with Crippen molar-refractivity contribution in [2.24, 2.45) is 10.7 Å². The fraction of sp³-hybridized carbons (Fsp3) is 0.250. The topological polar surface area (TPSA) is 84.7 Å². The van der Waals surface area contributed by atoms with Crippen molar-refractivity contribution in [3.8, 4) is 11.5 Å². The number of fused-ring (bicyclic) bond motifs is 1. The lowest BCUT2D eigenvalue weighted by atomic mass is 10.1. The molecule has 0 fully saturated rings. The van der Waals surface area contributed by atoms with E-state index in [0.717, 1.165) is 22.2 Å². The summed E-state index contributed by atoms with van der Waals surface area (Å²) in [5, 5.41) is 4.07. The number of nitrogens with zero attached hydrogens (tertiary/aromatic N) is 1. The van der Waals surface area contributed by atoms with Gasteiger partial charge in [0.2, 0.25) is 0 Å². The van der Waals surface area contributed by atoms with Crippen molar-refractivity contribution in [3.63, 3.8) is 0 Å². The Bertz CT molecular complexity index is 982. The Balaban J connectivity index is 1.52. The lowest BCUT2D eigenvalue weighted by Crippen LogP contribution is -2.33. The van der Waals surface area contributed by atoms with Crippen LogP contribution < -0.4 is 20.5 Å². The molecule has 0 bridgehead atoms. The van der Waals surface area contributed by atoms with Gasteiger partial charge >= 0.3 is 6.36 Å². The van der Waals surface area contributed by atoms with Crippen LogP contribution in [0.1, 0.15) is 11.1 Å². The number of methoxy groups -OCH3 is 1. The van der Waals surface area contributed by atoms with Crippen LogP contribution in [0.4, 0.5) is 13.2 Å². The molecule has 0 aliphatic carbocycles. The lowest BCUT2D eigenvalue weighted by molar-refractivity contribution is -0.274. The van der Waals surface area contributed by atoms with Crippen LogP contribution in [-0.2, 0) is 13.0 Å². The van der Waals surface area contributed by atoms with Crippen LogP contribution in [0, 0.1) is 0 Å². The molecule has 0 aliphatic heterocycles. The van der Waals surface area contributed by atoms with Crippen LogP contribution in [-0.4, -0.2) is 31.0 Å². The molecule has 29 heavy (non-hydrogen) atoms. The van der Waals surface area contributed by atoms with E-state index in [2.05, 4.69) is 20.0 Å². The van der Waals surface area contributed by atoms with Crippen LogP contribution >= 0.6 is 0 Å². The number of nitrogens with two attached hydrogens (primary N) is 1. The van der Waals surface area contributed by atoms with Gasteiger partial charge in [0, 0.05) is 23.6 Å². The van der Waals surface area contributed by atoms with Gasteiger partial charge in [-0.25, -0.2) is 4.99 Å². The molecule has 1 aromatic heterocycles. The summed E-state index contributed by atoms with van der Waals surface area (Å²) in [4.78, 5) is 7.42. The molecule has 0 radical (unpaired) electrons. The molecule has 4 N–H and O–H groups in total. The molecule has 0 spiro atoms. The summed E-state index contributed by atoms with van der Waals surface area (Å²) in [7, 11) is 1.64. The van der Waals surface area contributed by atoms with Gasteiger partial charge in [0.15, 0.2) is 5.96 Å². The number of aromatic nitrogens is 1. The lowest BCUT2D eigenvalue weighted by Gasteiger charge is -2.09. The van der Waals surface area contributed by atoms with Crippen molar-refractivity contribution in [1.82, 2.24) is 10.3 Å². The zero-order valence-electron chi connectivity index (χ0n) is 15.7. The van der Waals surface area contributed by atoms with E-state index >= 15 is 0 Å². The van der Waals surface area contributed by atoms with Crippen molar-refractivity contribution >= 4 is 16.9 Å². The van der Waals surface area contributed by atoms with Gasteiger partial charge in [0.25, 0.3) is 0 Å². The van der Waals surface area contributed by atoms with Gasteiger partial charge in [-0.05, 0) is 41.8 Å². The number of guanidine groups is 1. The van der Waals surface area contributed by atoms with Gasteiger partial charge < -0.3 is 25.5 Å². The van der Waals surface area contributed by atoms with E-state index in [4.69, 9.17) is 10.5 Å². The summed E-state index contributed by atoms with van der Waals surface area (Å²) in [6.45, 7) is 0.810. The summed E-state index contributed by atoms with van der Waals surface area (Å²) >= 11 is 0. The number of ether oxygens (including phenoxy) is 2. The molecule has 6 nitrogen and oxygen atoms in total. The molecule has 3 aromatic rings. The highest BCUT2D eigenvalue weighted by Crippen LogP contribution is 2.28. The van der Waals surface area contributed by atoms with Crippen LogP contribution in [0.25, 0.3) is 10.9 Å². The quantitative estimate of drug-likeness (QED) is 0.412. The molecule has 1 heterocycles. The third-order valence-corrected chi connectivity index (χ3v) is 4.26. The molecular weight excluding hydrogens is 385 g/mol. The average Bonchev–Trinajstić information content (AvgIpc) is 3.09. The Morgan fingerprint density at radius 2 is 1.93 bits per heavy atom. The van der Waals surface area contributed by atoms with E-state index in [1.54, 1.807) is 7.11 Å². The minimum absolute atomic E-state index is 0.242. The summed E-state index contributed by atoms with van der Waals surface area (Å²) in [6.07, 6.45) is -2.06. The Morgan fingerprint density at radius 1 is 1.17 bits per heavy atom. The van der Waals surface area contributed by atoms with Gasteiger partial charge in [-0.2, -0.15) is 0 Å². The highest BCUT2D eigenvalue weighted by Gasteiger charge is 2.30. The first kappa shape index (κ1) is 20.4. The Morgan fingerprint density at radius 3 is 2.62 bits per heavy atom. The van der Waals surface area contributed by atoms with Crippen LogP contribution in [0.15, 0.2) is 53.7 Å². The van der Waals surface area contributed by atoms with Gasteiger partial charge in [-0.15, -0.1) is 13.2 Å².